The molecule has 2 aromatic rings. The van der Waals surface area contributed by atoms with E-state index in [2.05, 4.69) is 0 Å². The van der Waals surface area contributed by atoms with E-state index in [4.69, 9.17) is 5.73 Å². The van der Waals surface area contributed by atoms with Gasteiger partial charge in [0.2, 0.25) is 0 Å². The molecule has 2 N–H and O–H groups in total. The standard InChI is InChI=1S/C15H14F3NS/c1-8-5-14(11(9(2)19)7-13(8)18)20-15-6-10(16)3-4-12(15)17/h3-7,9H,19H2,1-2H3/t9-/m1/s1. The van der Waals surface area contributed by atoms with Crippen LogP contribution in [0.15, 0.2) is 40.1 Å². The predicted octanol–water partition coefficient (Wildman–Crippen LogP) is 4.58. The average molecular weight is 297 g/mol. The summed E-state index contributed by atoms with van der Waals surface area (Å²) in [4.78, 5) is 0.779. The number of rotatable bonds is 3. The highest BCUT2D eigenvalue weighted by Crippen LogP contribution is 2.36. The van der Waals surface area contributed by atoms with Gasteiger partial charge in [0.15, 0.2) is 0 Å². The first-order chi connectivity index (χ1) is 9.38. The average Bonchev–Trinajstić information content (AvgIpc) is 2.37. The van der Waals surface area contributed by atoms with Gasteiger partial charge in [-0.3, -0.25) is 0 Å². The zero-order chi connectivity index (χ0) is 14.9. The van der Waals surface area contributed by atoms with Crippen molar-refractivity contribution >= 4 is 11.8 Å². The molecule has 0 spiro atoms. The van der Waals surface area contributed by atoms with Gasteiger partial charge in [-0.2, -0.15) is 0 Å². The van der Waals surface area contributed by atoms with E-state index in [0.29, 0.717) is 16.0 Å². The summed E-state index contributed by atoms with van der Waals surface area (Å²) < 4.78 is 40.5. The first kappa shape index (κ1) is 14.9. The zero-order valence-electron chi connectivity index (χ0n) is 11.1. The number of hydrogen-bond donors (Lipinski definition) is 1. The molecule has 0 aromatic heterocycles. The Hall–Kier alpha value is -1.46. The van der Waals surface area contributed by atoms with E-state index in [0.717, 1.165) is 30.0 Å². The van der Waals surface area contributed by atoms with Gasteiger partial charge in [0.05, 0.1) is 4.90 Å². The molecule has 0 bridgehead atoms. The lowest BCUT2D eigenvalue weighted by molar-refractivity contribution is 0.577. The highest BCUT2D eigenvalue weighted by atomic mass is 32.2. The Morgan fingerprint density at radius 2 is 1.70 bits per heavy atom. The zero-order valence-corrected chi connectivity index (χ0v) is 11.9. The summed E-state index contributed by atoms with van der Waals surface area (Å²) in [5.74, 6) is -1.40. The van der Waals surface area contributed by atoms with Gasteiger partial charge in [0.25, 0.3) is 0 Å². The van der Waals surface area contributed by atoms with Crippen molar-refractivity contribution in [3.05, 3.63) is 58.9 Å². The number of benzene rings is 2. The molecule has 0 heterocycles. The summed E-state index contributed by atoms with van der Waals surface area (Å²) in [6, 6.07) is 5.79. The van der Waals surface area contributed by atoms with Crippen molar-refractivity contribution in [1.82, 2.24) is 0 Å². The van der Waals surface area contributed by atoms with E-state index in [1.165, 1.54) is 6.07 Å². The molecule has 106 valence electrons. The summed E-state index contributed by atoms with van der Waals surface area (Å²) in [5, 5.41) is 0. The smallest absolute Gasteiger partial charge is 0.137 e. The third kappa shape index (κ3) is 3.16. The molecule has 0 radical (unpaired) electrons. The van der Waals surface area contributed by atoms with Crippen LogP contribution in [0.5, 0.6) is 0 Å². The first-order valence-corrected chi connectivity index (χ1v) is 6.88. The van der Waals surface area contributed by atoms with Crippen LogP contribution in [0.4, 0.5) is 13.2 Å². The lowest BCUT2D eigenvalue weighted by atomic mass is 10.1. The Morgan fingerprint density at radius 3 is 2.35 bits per heavy atom. The summed E-state index contributed by atoms with van der Waals surface area (Å²) in [6.45, 7) is 3.34. The molecule has 2 rings (SSSR count). The quantitative estimate of drug-likeness (QED) is 0.897. The first-order valence-electron chi connectivity index (χ1n) is 6.07. The van der Waals surface area contributed by atoms with Crippen LogP contribution in [0.3, 0.4) is 0 Å². The van der Waals surface area contributed by atoms with Gasteiger partial charge in [-0.1, -0.05) is 11.8 Å². The second kappa shape index (κ2) is 5.89. The van der Waals surface area contributed by atoms with E-state index in [1.807, 2.05) is 0 Å². The van der Waals surface area contributed by atoms with Crippen LogP contribution >= 0.6 is 11.8 Å². The van der Waals surface area contributed by atoms with E-state index < -0.39 is 17.7 Å². The van der Waals surface area contributed by atoms with Crippen molar-refractivity contribution in [3.8, 4) is 0 Å². The Bertz CT molecular complexity index is 641. The highest BCUT2D eigenvalue weighted by Gasteiger charge is 2.14. The maximum atomic E-state index is 13.7. The van der Waals surface area contributed by atoms with Gasteiger partial charge in [-0.25, -0.2) is 13.2 Å². The van der Waals surface area contributed by atoms with E-state index in [1.54, 1.807) is 19.9 Å². The second-order valence-corrected chi connectivity index (χ2v) is 5.69. The third-order valence-electron chi connectivity index (χ3n) is 2.89. The molecule has 5 heteroatoms. The van der Waals surface area contributed by atoms with Gasteiger partial charge in [-0.15, -0.1) is 0 Å². The van der Waals surface area contributed by atoms with Gasteiger partial charge in [0, 0.05) is 10.9 Å². The Labute approximate surface area is 120 Å². The molecule has 2 aromatic carbocycles. The maximum Gasteiger partial charge on any atom is 0.137 e. The maximum absolute atomic E-state index is 13.7. The van der Waals surface area contributed by atoms with Crippen molar-refractivity contribution in [2.45, 2.75) is 29.7 Å². The van der Waals surface area contributed by atoms with Crippen LogP contribution in [-0.2, 0) is 0 Å². The van der Waals surface area contributed by atoms with Crippen LogP contribution < -0.4 is 5.73 Å². The molecule has 0 aliphatic carbocycles. The minimum Gasteiger partial charge on any atom is -0.324 e. The summed E-state index contributed by atoms with van der Waals surface area (Å²) in [6.07, 6.45) is 0. The number of halogens is 3. The molecule has 1 atom stereocenters. The molecule has 0 saturated heterocycles. The normalized spacial score (nSPS) is 12.5. The SMILES string of the molecule is Cc1cc(Sc2cc(F)ccc2F)c([C@@H](C)N)cc1F. The van der Waals surface area contributed by atoms with Gasteiger partial charge in [0.1, 0.15) is 17.5 Å². The lowest BCUT2D eigenvalue weighted by Crippen LogP contribution is -2.07. The molecule has 0 amide bonds. The largest absolute Gasteiger partial charge is 0.324 e. The fourth-order valence-electron chi connectivity index (χ4n) is 1.79. The molecule has 20 heavy (non-hydrogen) atoms. The summed E-state index contributed by atoms with van der Waals surface area (Å²) in [5.41, 5.74) is 6.82. The van der Waals surface area contributed by atoms with Gasteiger partial charge >= 0.3 is 0 Å². The van der Waals surface area contributed by atoms with Crippen LogP contribution in [0.1, 0.15) is 24.1 Å². The molecule has 0 unspecified atom stereocenters. The molecular weight excluding hydrogens is 283 g/mol. The monoisotopic (exact) mass is 297 g/mol. The topological polar surface area (TPSA) is 26.0 Å². The Kier molecular flexibility index (Phi) is 4.40. The van der Waals surface area contributed by atoms with Crippen molar-refractivity contribution < 1.29 is 13.2 Å². The van der Waals surface area contributed by atoms with Crippen molar-refractivity contribution in [2.24, 2.45) is 5.73 Å². The summed E-state index contributed by atoms with van der Waals surface area (Å²) >= 11 is 1.04. The van der Waals surface area contributed by atoms with Crippen LogP contribution in [0.25, 0.3) is 0 Å². The second-order valence-electron chi connectivity index (χ2n) is 4.60. The minimum absolute atomic E-state index is 0.151. The Balaban J connectivity index is 2.47. The fraction of sp³-hybridized carbons (Fsp3) is 0.200. The van der Waals surface area contributed by atoms with Crippen LogP contribution in [0, 0.1) is 24.4 Å². The predicted molar refractivity (Wildman–Crippen MR) is 74.2 cm³/mol. The number of nitrogens with two attached hydrogens (primary N) is 1. The Morgan fingerprint density at radius 1 is 1.00 bits per heavy atom. The highest BCUT2D eigenvalue weighted by molar-refractivity contribution is 7.99. The minimum atomic E-state index is -0.519. The van der Waals surface area contributed by atoms with Crippen molar-refractivity contribution in [2.75, 3.05) is 0 Å². The van der Waals surface area contributed by atoms with E-state index >= 15 is 0 Å². The molecular formula is C15H14F3NS. The van der Waals surface area contributed by atoms with Crippen molar-refractivity contribution in [3.63, 3.8) is 0 Å². The fourth-order valence-corrected chi connectivity index (χ4v) is 2.96. The van der Waals surface area contributed by atoms with E-state index in [9.17, 15) is 13.2 Å². The van der Waals surface area contributed by atoms with Crippen LogP contribution in [-0.4, -0.2) is 0 Å². The molecule has 0 aliphatic heterocycles. The van der Waals surface area contributed by atoms with Gasteiger partial charge < -0.3 is 5.73 Å². The van der Waals surface area contributed by atoms with Gasteiger partial charge in [-0.05, 0) is 55.3 Å². The molecule has 1 nitrogen and oxygen atoms in total. The number of aryl methyl sites for hydroxylation is 1. The lowest BCUT2D eigenvalue weighted by Gasteiger charge is -2.14. The summed E-state index contributed by atoms with van der Waals surface area (Å²) in [7, 11) is 0. The van der Waals surface area contributed by atoms with Crippen molar-refractivity contribution in [1.29, 1.82) is 0 Å². The molecule has 0 aliphatic rings. The van der Waals surface area contributed by atoms with E-state index in [-0.39, 0.29) is 10.7 Å². The molecule has 0 saturated carbocycles. The molecule has 0 fully saturated rings. The van der Waals surface area contributed by atoms with Crippen LogP contribution in [0.2, 0.25) is 0 Å². The number of hydrogen-bond acceptors (Lipinski definition) is 2. The third-order valence-corrected chi connectivity index (χ3v) is 4.00.